The van der Waals surface area contributed by atoms with Crippen LogP contribution in [0.5, 0.6) is 0 Å². The van der Waals surface area contributed by atoms with Crippen molar-refractivity contribution in [1.82, 2.24) is 19.7 Å². The molecule has 1 atom stereocenters. The number of halogens is 3. The van der Waals surface area contributed by atoms with E-state index in [0.717, 1.165) is 0 Å². The van der Waals surface area contributed by atoms with Crippen LogP contribution in [0.4, 0.5) is 10.2 Å². The van der Waals surface area contributed by atoms with Gasteiger partial charge in [0.1, 0.15) is 5.82 Å². The van der Waals surface area contributed by atoms with Crippen molar-refractivity contribution >= 4 is 46.7 Å². The van der Waals surface area contributed by atoms with Crippen molar-refractivity contribution in [2.45, 2.75) is 37.7 Å². The molecular formula is C20H20Cl2FN5OS. The topological polar surface area (TPSA) is 72.7 Å². The van der Waals surface area contributed by atoms with Crippen LogP contribution in [0, 0.1) is 11.7 Å². The van der Waals surface area contributed by atoms with Gasteiger partial charge in [-0.15, -0.1) is 10.2 Å². The van der Waals surface area contributed by atoms with Crippen molar-refractivity contribution in [2.24, 2.45) is 5.92 Å². The van der Waals surface area contributed by atoms with Crippen molar-refractivity contribution in [1.29, 1.82) is 0 Å². The second-order valence-corrected chi connectivity index (χ2v) is 9.18. The van der Waals surface area contributed by atoms with Crippen molar-refractivity contribution < 1.29 is 9.18 Å². The highest BCUT2D eigenvalue weighted by Gasteiger charge is 2.23. The van der Waals surface area contributed by atoms with Crippen molar-refractivity contribution in [3.05, 3.63) is 52.4 Å². The molecule has 0 spiro atoms. The van der Waals surface area contributed by atoms with Crippen molar-refractivity contribution in [2.75, 3.05) is 5.32 Å². The number of nitrogens with zero attached hydrogens (tertiary/aromatic N) is 4. The Kier molecular flexibility index (Phi) is 7.33. The number of hydrogen-bond acceptors (Lipinski definition) is 5. The van der Waals surface area contributed by atoms with Gasteiger partial charge >= 0.3 is 0 Å². The Bertz CT molecular complexity index is 1060. The number of aromatic nitrogens is 4. The van der Waals surface area contributed by atoms with Gasteiger partial charge in [0, 0.05) is 12.7 Å². The highest BCUT2D eigenvalue weighted by Crippen LogP contribution is 2.30. The standard InChI is InChI=1S/C20H20Cl2FN5OS/c1-11(2)10-28-18(14-6-4-5-7-16(14)23)26-27-20(28)30-12(3)19(29)25-17-15(22)8-13(21)9-24-17/h4-9,11-12H,10H2,1-3H3,(H,24,25,29)/t12-/m1/s1. The third-order valence-corrected chi connectivity index (χ3v) is 5.66. The van der Waals surface area contributed by atoms with Gasteiger partial charge in [-0.2, -0.15) is 0 Å². The van der Waals surface area contributed by atoms with E-state index >= 15 is 0 Å². The van der Waals surface area contributed by atoms with Gasteiger partial charge in [0.25, 0.3) is 0 Å². The summed E-state index contributed by atoms with van der Waals surface area (Å²) >= 11 is 13.1. The summed E-state index contributed by atoms with van der Waals surface area (Å²) in [5.74, 6) is 0.254. The van der Waals surface area contributed by atoms with E-state index in [-0.39, 0.29) is 28.5 Å². The molecule has 0 bridgehead atoms. The molecule has 3 aromatic rings. The first-order valence-corrected chi connectivity index (χ1v) is 10.9. The molecule has 1 amide bonds. The Labute approximate surface area is 188 Å². The molecule has 1 N–H and O–H groups in total. The molecule has 158 valence electrons. The Hall–Kier alpha value is -2.16. The SMILES string of the molecule is CC(C)Cn1c(S[C@H](C)C(=O)Nc2ncc(Cl)cc2Cl)nnc1-c1ccccc1F. The minimum Gasteiger partial charge on any atom is -0.308 e. The molecule has 2 heterocycles. The summed E-state index contributed by atoms with van der Waals surface area (Å²) in [6, 6.07) is 7.92. The van der Waals surface area contributed by atoms with E-state index < -0.39 is 5.25 Å². The third kappa shape index (κ3) is 5.30. The second kappa shape index (κ2) is 9.76. The summed E-state index contributed by atoms with van der Waals surface area (Å²) in [5.41, 5.74) is 0.367. The van der Waals surface area contributed by atoms with Crippen molar-refractivity contribution in [3.63, 3.8) is 0 Å². The number of amides is 1. The predicted molar refractivity (Wildman–Crippen MR) is 118 cm³/mol. The van der Waals surface area contributed by atoms with Crippen LogP contribution < -0.4 is 5.32 Å². The van der Waals surface area contributed by atoms with E-state index in [4.69, 9.17) is 23.2 Å². The average Bonchev–Trinajstić information content (AvgIpc) is 3.05. The number of carbonyl (C=O) groups is 1. The lowest BCUT2D eigenvalue weighted by Gasteiger charge is -2.15. The molecule has 2 aromatic heterocycles. The molecule has 6 nitrogen and oxygen atoms in total. The van der Waals surface area contributed by atoms with Crippen LogP contribution in [0.15, 0.2) is 41.7 Å². The van der Waals surface area contributed by atoms with Gasteiger partial charge in [-0.1, -0.05) is 60.9 Å². The highest BCUT2D eigenvalue weighted by molar-refractivity contribution is 8.00. The van der Waals surface area contributed by atoms with Crippen LogP contribution >= 0.6 is 35.0 Å². The predicted octanol–water partition coefficient (Wildman–Crippen LogP) is 5.56. The first-order chi connectivity index (χ1) is 14.3. The van der Waals surface area contributed by atoms with E-state index in [1.807, 2.05) is 18.4 Å². The molecule has 0 aliphatic rings. The Morgan fingerprint density at radius 2 is 1.97 bits per heavy atom. The van der Waals surface area contributed by atoms with Gasteiger partial charge in [-0.05, 0) is 31.0 Å². The summed E-state index contributed by atoms with van der Waals surface area (Å²) in [5, 5.41) is 11.7. The van der Waals surface area contributed by atoms with E-state index in [2.05, 4.69) is 20.5 Å². The van der Waals surface area contributed by atoms with E-state index in [0.29, 0.717) is 28.1 Å². The monoisotopic (exact) mass is 467 g/mol. The number of nitrogens with one attached hydrogen (secondary N) is 1. The molecule has 1 aromatic carbocycles. The zero-order valence-corrected chi connectivity index (χ0v) is 18.9. The molecule has 0 fully saturated rings. The zero-order valence-electron chi connectivity index (χ0n) is 16.6. The van der Waals surface area contributed by atoms with Gasteiger partial charge in [0.15, 0.2) is 16.8 Å². The van der Waals surface area contributed by atoms with E-state index in [9.17, 15) is 9.18 Å². The van der Waals surface area contributed by atoms with Crippen LogP contribution in [0.3, 0.4) is 0 Å². The summed E-state index contributed by atoms with van der Waals surface area (Å²) in [6.07, 6.45) is 1.40. The molecule has 0 radical (unpaired) electrons. The molecule has 0 aliphatic heterocycles. The van der Waals surface area contributed by atoms with Gasteiger partial charge in [0.05, 0.1) is 20.9 Å². The van der Waals surface area contributed by atoms with Crippen LogP contribution in [-0.2, 0) is 11.3 Å². The number of hydrogen-bond donors (Lipinski definition) is 1. The Morgan fingerprint density at radius 1 is 1.23 bits per heavy atom. The lowest BCUT2D eigenvalue weighted by Crippen LogP contribution is -2.24. The number of rotatable bonds is 7. The molecule has 0 saturated heterocycles. The Balaban J connectivity index is 1.83. The molecular weight excluding hydrogens is 448 g/mol. The minimum atomic E-state index is -0.526. The molecule has 0 unspecified atom stereocenters. The molecule has 0 saturated carbocycles. The average molecular weight is 468 g/mol. The second-order valence-electron chi connectivity index (χ2n) is 7.02. The maximum atomic E-state index is 14.3. The number of carbonyl (C=O) groups excluding carboxylic acids is 1. The number of anilines is 1. The van der Waals surface area contributed by atoms with Crippen LogP contribution in [0.2, 0.25) is 10.0 Å². The van der Waals surface area contributed by atoms with E-state index in [1.165, 1.54) is 30.1 Å². The number of pyridine rings is 1. The van der Waals surface area contributed by atoms with Gasteiger partial charge in [0.2, 0.25) is 5.91 Å². The maximum Gasteiger partial charge on any atom is 0.238 e. The largest absolute Gasteiger partial charge is 0.308 e. The lowest BCUT2D eigenvalue weighted by atomic mass is 10.2. The van der Waals surface area contributed by atoms with Gasteiger partial charge in [-0.3, -0.25) is 4.79 Å². The number of benzene rings is 1. The molecule has 30 heavy (non-hydrogen) atoms. The highest BCUT2D eigenvalue weighted by atomic mass is 35.5. The lowest BCUT2D eigenvalue weighted by molar-refractivity contribution is -0.115. The third-order valence-electron chi connectivity index (χ3n) is 4.08. The first-order valence-electron chi connectivity index (χ1n) is 9.23. The molecule has 0 aliphatic carbocycles. The number of thioether (sulfide) groups is 1. The summed E-state index contributed by atoms with van der Waals surface area (Å²) in [6.45, 7) is 6.41. The quantitative estimate of drug-likeness (QED) is 0.460. The summed E-state index contributed by atoms with van der Waals surface area (Å²) < 4.78 is 16.2. The fourth-order valence-electron chi connectivity index (χ4n) is 2.68. The van der Waals surface area contributed by atoms with Gasteiger partial charge in [-0.25, -0.2) is 9.37 Å². The fourth-order valence-corrected chi connectivity index (χ4v) is 3.97. The maximum absolute atomic E-state index is 14.3. The Morgan fingerprint density at radius 3 is 2.63 bits per heavy atom. The van der Waals surface area contributed by atoms with Crippen LogP contribution in [0.25, 0.3) is 11.4 Å². The first kappa shape index (κ1) is 22.5. The molecule has 10 heteroatoms. The summed E-state index contributed by atoms with van der Waals surface area (Å²) in [7, 11) is 0. The van der Waals surface area contributed by atoms with E-state index in [1.54, 1.807) is 25.1 Å². The smallest absolute Gasteiger partial charge is 0.238 e. The zero-order chi connectivity index (χ0) is 21.8. The van der Waals surface area contributed by atoms with Crippen molar-refractivity contribution in [3.8, 4) is 11.4 Å². The van der Waals surface area contributed by atoms with Crippen LogP contribution in [-0.4, -0.2) is 30.9 Å². The summed E-state index contributed by atoms with van der Waals surface area (Å²) in [4.78, 5) is 16.7. The van der Waals surface area contributed by atoms with Crippen LogP contribution in [0.1, 0.15) is 20.8 Å². The van der Waals surface area contributed by atoms with Gasteiger partial charge < -0.3 is 9.88 Å². The normalized spacial score (nSPS) is 12.2. The molecule has 3 rings (SSSR count). The minimum absolute atomic E-state index is 0.231. The fraction of sp³-hybridized carbons (Fsp3) is 0.300.